The minimum absolute atomic E-state index is 0.0557. The molecule has 6 heteroatoms. The van der Waals surface area contributed by atoms with Crippen LogP contribution in [0.15, 0.2) is 109 Å². The molecule has 0 N–H and O–H groups in total. The van der Waals surface area contributed by atoms with Gasteiger partial charge in [-0.05, 0) is 0 Å². The molecule has 0 atom stereocenters. The zero-order valence-corrected chi connectivity index (χ0v) is 19.8. The molecule has 0 unspecified atom stereocenters. The predicted molar refractivity (Wildman–Crippen MR) is 135 cm³/mol. The Bertz CT molecular complexity index is 1360. The van der Waals surface area contributed by atoms with Crippen molar-refractivity contribution in [1.29, 1.82) is 0 Å². The van der Waals surface area contributed by atoms with Gasteiger partial charge < -0.3 is 0 Å². The molecule has 0 saturated heterocycles. The molecular formula is C27H18BrF3NP. The summed E-state index contributed by atoms with van der Waals surface area (Å²) in [6.07, 6.45) is 0. The van der Waals surface area contributed by atoms with E-state index in [9.17, 15) is 13.2 Å². The second kappa shape index (κ2) is 8.09. The average Bonchev–Trinajstić information content (AvgIpc) is 2.88. The summed E-state index contributed by atoms with van der Waals surface area (Å²) in [7, 11) is 0. The maximum atomic E-state index is 14.5. The summed E-state index contributed by atoms with van der Waals surface area (Å²) in [5.41, 5.74) is 0.669. The van der Waals surface area contributed by atoms with Gasteiger partial charge in [0.1, 0.15) is 0 Å². The van der Waals surface area contributed by atoms with Crippen LogP contribution in [-0.2, 0) is 0 Å². The van der Waals surface area contributed by atoms with Gasteiger partial charge in [-0.25, -0.2) is 0 Å². The molecule has 4 aromatic carbocycles. The first-order valence-electron chi connectivity index (χ1n) is 10.3. The average molecular weight is 524 g/mol. The van der Waals surface area contributed by atoms with Gasteiger partial charge in [0.05, 0.1) is 0 Å². The first kappa shape index (κ1) is 21.8. The van der Waals surface area contributed by atoms with Gasteiger partial charge in [-0.1, -0.05) is 0 Å². The SMILES string of the molecule is Fc1cc2nc(P(Br)(c3ccccc3)(c3ccccc3)c3ccccc3)ccc2c(F)c1F. The van der Waals surface area contributed by atoms with Gasteiger partial charge in [0.2, 0.25) is 0 Å². The van der Waals surface area contributed by atoms with Gasteiger partial charge in [0, 0.05) is 0 Å². The molecule has 33 heavy (non-hydrogen) atoms. The predicted octanol–water partition coefficient (Wildman–Crippen LogP) is 6.12. The summed E-state index contributed by atoms with van der Waals surface area (Å²) in [6, 6.07) is 33.9. The fraction of sp³-hybridized carbons (Fsp3) is 0. The van der Waals surface area contributed by atoms with Crippen LogP contribution in [0.3, 0.4) is 0 Å². The Kier molecular flexibility index (Phi) is 5.35. The van der Waals surface area contributed by atoms with Gasteiger partial charge in [0.25, 0.3) is 0 Å². The van der Waals surface area contributed by atoms with Gasteiger partial charge in [-0.3, -0.25) is 0 Å². The van der Waals surface area contributed by atoms with Crippen molar-refractivity contribution < 1.29 is 13.2 Å². The normalized spacial score (nSPS) is 12.9. The molecular weight excluding hydrogens is 506 g/mol. The second-order valence-corrected chi connectivity index (χ2v) is 16.0. The topological polar surface area (TPSA) is 12.9 Å². The first-order chi connectivity index (χ1) is 15.9. The van der Waals surface area contributed by atoms with Crippen LogP contribution in [0.2, 0.25) is 0 Å². The van der Waals surface area contributed by atoms with E-state index in [0.29, 0.717) is 5.44 Å². The Hall–Kier alpha value is -3.01. The molecule has 0 spiro atoms. The molecule has 0 aliphatic rings. The van der Waals surface area contributed by atoms with Crippen LogP contribution in [0.1, 0.15) is 0 Å². The summed E-state index contributed by atoms with van der Waals surface area (Å²) in [4.78, 5) is 4.78. The molecule has 0 saturated carbocycles. The van der Waals surface area contributed by atoms with Crippen molar-refractivity contribution in [1.82, 2.24) is 4.98 Å². The Morgan fingerprint density at radius 1 is 0.576 bits per heavy atom. The van der Waals surface area contributed by atoms with Crippen LogP contribution in [0.5, 0.6) is 0 Å². The van der Waals surface area contributed by atoms with Crippen molar-refractivity contribution in [2.45, 2.75) is 0 Å². The van der Waals surface area contributed by atoms with Gasteiger partial charge >= 0.3 is 198 Å². The number of pyridine rings is 1. The number of halogens is 4. The summed E-state index contributed by atoms with van der Waals surface area (Å²) < 4.78 is 42.5. The summed E-state index contributed by atoms with van der Waals surface area (Å²) in [5.74, 6) is -4.00. The van der Waals surface area contributed by atoms with Crippen LogP contribution in [0.25, 0.3) is 10.9 Å². The Balaban J connectivity index is 1.99. The van der Waals surface area contributed by atoms with Crippen LogP contribution in [0, 0.1) is 17.5 Å². The second-order valence-electron chi connectivity index (χ2n) is 7.74. The van der Waals surface area contributed by atoms with Crippen molar-refractivity contribution in [3.05, 3.63) is 127 Å². The molecule has 0 aliphatic carbocycles. The van der Waals surface area contributed by atoms with Gasteiger partial charge in [-0.15, -0.1) is 0 Å². The summed E-state index contributed by atoms with van der Waals surface area (Å²) in [5, 5.41) is -0.746. The Morgan fingerprint density at radius 3 is 1.48 bits per heavy atom. The van der Waals surface area contributed by atoms with E-state index >= 15 is 0 Å². The van der Waals surface area contributed by atoms with E-state index in [1.807, 2.05) is 91.0 Å². The number of aromatic nitrogens is 1. The summed E-state index contributed by atoms with van der Waals surface area (Å²) in [6.45, 7) is 0. The zero-order chi connectivity index (χ0) is 23.1. The molecule has 164 valence electrons. The molecule has 0 aliphatic heterocycles. The van der Waals surface area contributed by atoms with E-state index in [1.54, 1.807) is 6.07 Å². The van der Waals surface area contributed by atoms with E-state index in [4.69, 9.17) is 4.98 Å². The molecule has 0 fully saturated rings. The quantitative estimate of drug-likeness (QED) is 0.204. The fourth-order valence-electron chi connectivity index (χ4n) is 4.37. The number of nitrogens with zero attached hydrogens (tertiary/aromatic N) is 1. The van der Waals surface area contributed by atoms with E-state index in [0.717, 1.165) is 22.0 Å². The number of hydrogen-bond acceptors (Lipinski definition) is 1. The first-order valence-corrected chi connectivity index (χ1v) is 14.6. The fourth-order valence-corrected chi connectivity index (χ4v) is 11.6. The number of fused-ring (bicyclic) bond motifs is 1. The molecule has 0 bridgehead atoms. The van der Waals surface area contributed by atoms with Crippen LogP contribution >= 0.6 is 20.8 Å². The third kappa shape index (κ3) is 3.14. The van der Waals surface area contributed by atoms with E-state index in [-0.39, 0.29) is 10.9 Å². The molecule has 1 nitrogen and oxygen atoms in total. The standard InChI is InChI=1S/C27H18BrF3NP/c28-33(19-10-4-1-5-11-19,20-12-6-2-7-13-20,21-14-8-3-9-15-21)25-17-16-22-24(32-25)18-23(29)27(31)26(22)30/h1-18H. The van der Waals surface area contributed by atoms with Crippen molar-refractivity contribution in [3.63, 3.8) is 0 Å². The third-order valence-electron chi connectivity index (χ3n) is 5.97. The zero-order valence-electron chi connectivity index (χ0n) is 17.3. The van der Waals surface area contributed by atoms with Crippen LogP contribution in [0.4, 0.5) is 13.2 Å². The molecule has 5 aromatic rings. The number of hydrogen-bond donors (Lipinski definition) is 0. The Labute approximate surface area is 197 Å². The van der Waals surface area contributed by atoms with Crippen molar-refractivity contribution in [2.75, 3.05) is 0 Å². The maximum absolute atomic E-state index is 14.5. The van der Waals surface area contributed by atoms with Crippen molar-refractivity contribution >= 4 is 53.0 Å². The minimum atomic E-state index is -3.63. The van der Waals surface area contributed by atoms with Crippen molar-refractivity contribution in [3.8, 4) is 0 Å². The van der Waals surface area contributed by atoms with Crippen LogP contribution < -0.4 is 21.3 Å². The van der Waals surface area contributed by atoms with Crippen LogP contribution in [-0.4, -0.2) is 4.98 Å². The van der Waals surface area contributed by atoms with Crippen molar-refractivity contribution in [2.24, 2.45) is 0 Å². The van der Waals surface area contributed by atoms with E-state index in [2.05, 4.69) is 15.5 Å². The molecule has 1 heterocycles. The van der Waals surface area contributed by atoms with Gasteiger partial charge in [-0.2, -0.15) is 0 Å². The van der Waals surface area contributed by atoms with E-state index in [1.165, 1.54) is 6.07 Å². The third-order valence-corrected chi connectivity index (χ3v) is 15.7. The molecule has 0 amide bonds. The molecule has 1 aromatic heterocycles. The number of rotatable bonds is 4. The monoisotopic (exact) mass is 523 g/mol. The molecule has 5 rings (SSSR count). The van der Waals surface area contributed by atoms with Gasteiger partial charge in [0.15, 0.2) is 0 Å². The van der Waals surface area contributed by atoms with E-state index < -0.39 is 22.8 Å². The Morgan fingerprint density at radius 2 is 1.03 bits per heavy atom. The number of benzene rings is 4. The summed E-state index contributed by atoms with van der Waals surface area (Å²) >= 11 is 4.27. The molecule has 0 radical (unpaired) electrons.